The Balaban J connectivity index is 0.000000189. The molecule has 4 heterocycles. The van der Waals surface area contributed by atoms with E-state index in [1.165, 1.54) is 6.42 Å². The van der Waals surface area contributed by atoms with E-state index >= 15 is 0 Å². The quantitative estimate of drug-likeness (QED) is 0.165. The fourth-order valence-electron chi connectivity index (χ4n) is 3.70. The van der Waals surface area contributed by atoms with Crippen molar-refractivity contribution in [2.75, 3.05) is 6.54 Å². The standard InChI is InChI=1S/C18H16N3O.C11H8N.Ir/c1-2-3-9-20-10-11-21(13-20)14-6-7-17-16(12-14)15-5-4-8-19-18(15)22-17;1-2-6-10(7-3-1)11-8-4-5-9-12-11;/h4-5,7-8,10-12H,2-3,9H2,1H3;1-6,8-9H;/q+1;-1;. The van der Waals surface area contributed by atoms with E-state index in [0.717, 1.165) is 46.3 Å². The van der Waals surface area contributed by atoms with E-state index in [1.807, 2.05) is 77.6 Å². The molecule has 5 nitrogen and oxygen atoms in total. The zero-order valence-corrected chi connectivity index (χ0v) is 21.7. The molecule has 6 rings (SSSR count). The Morgan fingerprint density at radius 3 is 2.63 bits per heavy atom. The molecule has 0 atom stereocenters. The van der Waals surface area contributed by atoms with Crippen LogP contribution < -0.4 is 0 Å². The molecule has 175 valence electrons. The van der Waals surface area contributed by atoms with E-state index in [0.29, 0.717) is 5.71 Å². The number of hydrogen-bond acceptors (Lipinski definition) is 3. The van der Waals surface area contributed by atoms with E-state index in [2.05, 4.69) is 45.7 Å². The van der Waals surface area contributed by atoms with Crippen LogP contribution in [0.4, 0.5) is 5.69 Å². The monoisotopic (exact) mass is 637 g/mol. The van der Waals surface area contributed by atoms with E-state index in [1.54, 1.807) is 12.4 Å². The van der Waals surface area contributed by atoms with Crippen molar-refractivity contribution in [3.05, 3.63) is 104 Å². The van der Waals surface area contributed by atoms with Gasteiger partial charge in [-0.25, -0.2) is 4.98 Å². The second-order valence-corrected chi connectivity index (χ2v) is 7.86. The Morgan fingerprint density at radius 1 is 0.943 bits per heavy atom. The average Bonchev–Trinajstić information content (AvgIpc) is 3.53. The van der Waals surface area contributed by atoms with Crippen LogP contribution in [0.1, 0.15) is 19.8 Å². The van der Waals surface area contributed by atoms with Crippen LogP contribution in [0.15, 0.2) is 95.9 Å². The summed E-state index contributed by atoms with van der Waals surface area (Å²) in [5.41, 5.74) is 4.44. The Kier molecular flexibility index (Phi) is 8.12. The number of rotatable bonds is 5. The molecule has 1 aliphatic rings. The van der Waals surface area contributed by atoms with Crippen LogP contribution in [0.2, 0.25) is 0 Å². The zero-order chi connectivity index (χ0) is 23.2. The molecular weight excluding hydrogens is 613 g/mol. The summed E-state index contributed by atoms with van der Waals surface area (Å²) in [7, 11) is 0. The largest absolute Gasteiger partial charge is 0.502 e. The first-order valence-electron chi connectivity index (χ1n) is 11.4. The molecular formula is C29H24IrN4O. The van der Waals surface area contributed by atoms with Crippen molar-refractivity contribution in [1.82, 2.24) is 9.97 Å². The number of aromatic nitrogens is 2. The van der Waals surface area contributed by atoms with Gasteiger partial charge in [-0.15, -0.1) is 48.0 Å². The van der Waals surface area contributed by atoms with Crippen molar-refractivity contribution in [3.8, 4) is 11.3 Å². The zero-order valence-electron chi connectivity index (χ0n) is 19.3. The van der Waals surface area contributed by atoms with Gasteiger partial charge in [-0.1, -0.05) is 46.1 Å². The maximum absolute atomic E-state index is 5.73. The van der Waals surface area contributed by atoms with Crippen LogP contribution in [0.5, 0.6) is 0 Å². The van der Waals surface area contributed by atoms with Gasteiger partial charge in [0.05, 0.1) is 0 Å². The third-order valence-corrected chi connectivity index (χ3v) is 5.46. The summed E-state index contributed by atoms with van der Waals surface area (Å²) >= 11 is 0. The van der Waals surface area contributed by atoms with Gasteiger partial charge in [-0.2, -0.15) is 0 Å². The van der Waals surface area contributed by atoms with Crippen LogP contribution in [-0.4, -0.2) is 31.7 Å². The Labute approximate surface area is 218 Å². The summed E-state index contributed by atoms with van der Waals surface area (Å²) in [4.78, 5) is 8.48. The summed E-state index contributed by atoms with van der Waals surface area (Å²) in [5, 5.41) is 2.08. The van der Waals surface area contributed by atoms with E-state index in [-0.39, 0.29) is 20.1 Å². The predicted octanol–water partition coefficient (Wildman–Crippen LogP) is 6.44. The number of benzene rings is 2. The third-order valence-electron chi connectivity index (χ3n) is 5.46. The van der Waals surface area contributed by atoms with Crippen LogP contribution in [0.25, 0.3) is 33.3 Å². The molecule has 0 amide bonds. The molecule has 35 heavy (non-hydrogen) atoms. The topological polar surface area (TPSA) is 44.9 Å². The Bertz CT molecular complexity index is 1480. The maximum atomic E-state index is 5.73. The minimum Gasteiger partial charge on any atom is -0.502 e. The molecule has 2 aromatic carbocycles. The summed E-state index contributed by atoms with van der Waals surface area (Å²) in [6, 6.07) is 31.3. The molecule has 5 aromatic rings. The number of furan rings is 1. The molecule has 0 unspecified atom stereocenters. The van der Waals surface area contributed by atoms with Gasteiger partial charge in [0.1, 0.15) is 5.69 Å². The van der Waals surface area contributed by atoms with Gasteiger partial charge in [-0.05, 0) is 23.9 Å². The number of hydrogen-bond donors (Lipinski definition) is 0. The van der Waals surface area contributed by atoms with Crippen molar-refractivity contribution in [3.63, 3.8) is 0 Å². The van der Waals surface area contributed by atoms with Crippen molar-refractivity contribution in [2.45, 2.75) is 19.8 Å². The van der Waals surface area contributed by atoms with Crippen LogP contribution in [0, 0.1) is 12.1 Å². The SMILES string of the molecule is CCCC[N+]1=C=[N+](c2[c-]cc3oc4ncccc4c3c2)C=C1.[Ir].[c-]1ccccc1-c1ccccn1. The molecule has 6 heteroatoms. The number of pyridine rings is 2. The van der Waals surface area contributed by atoms with Crippen LogP contribution in [-0.2, 0) is 20.1 Å². The maximum Gasteiger partial charge on any atom is 0.493 e. The predicted molar refractivity (Wildman–Crippen MR) is 133 cm³/mol. The van der Waals surface area contributed by atoms with Crippen molar-refractivity contribution in [2.24, 2.45) is 0 Å². The fourth-order valence-corrected chi connectivity index (χ4v) is 3.70. The second kappa shape index (κ2) is 11.6. The minimum absolute atomic E-state index is 0. The molecule has 0 fully saturated rings. The average molecular weight is 637 g/mol. The molecule has 1 aliphatic heterocycles. The third kappa shape index (κ3) is 5.69. The molecule has 3 aromatic heterocycles. The smallest absolute Gasteiger partial charge is 0.493 e. The number of unbranched alkanes of at least 4 members (excludes halogenated alkanes) is 1. The Morgan fingerprint density at radius 2 is 1.83 bits per heavy atom. The normalized spacial score (nSPS) is 12.0. The van der Waals surface area contributed by atoms with Gasteiger partial charge in [-0.3, -0.25) is 0 Å². The second-order valence-electron chi connectivity index (χ2n) is 7.86. The molecule has 0 spiro atoms. The first-order chi connectivity index (χ1) is 16.8. The van der Waals surface area contributed by atoms with Gasteiger partial charge in [0.15, 0.2) is 6.54 Å². The van der Waals surface area contributed by atoms with E-state index in [9.17, 15) is 0 Å². The van der Waals surface area contributed by atoms with Crippen LogP contribution >= 0.6 is 0 Å². The number of fused-ring (bicyclic) bond motifs is 3. The molecule has 0 saturated heterocycles. The summed E-state index contributed by atoms with van der Waals surface area (Å²) in [6.45, 7) is 3.18. The van der Waals surface area contributed by atoms with E-state index < -0.39 is 0 Å². The first-order valence-corrected chi connectivity index (χ1v) is 11.4. The first kappa shape index (κ1) is 24.4. The summed E-state index contributed by atoms with van der Waals surface area (Å²) in [6.07, 6.45) is 9.92. The molecule has 0 aliphatic carbocycles. The Hall–Kier alpha value is -3.69. The van der Waals surface area contributed by atoms with Crippen molar-refractivity contribution in [1.29, 1.82) is 0 Å². The van der Waals surface area contributed by atoms with Crippen molar-refractivity contribution >= 4 is 33.8 Å². The summed E-state index contributed by atoms with van der Waals surface area (Å²) < 4.78 is 9.78. The van der Waals surface area contributed by atoms with Gasteiger partial charge < -0.3 is 9.40 Å². The number of nitrogens with zero attached hydrogens (tertiary/aromatic N) is 4. The molecule has 0 bridgehead atoms. The van der Waals surface area contributed by atoms with Gasteiger partial charge in [0.2, 0.25) is 11.9 Å². The molecule has 1 radical (unpaired) electrons. The molecule has 0 N–H and O–H groups in total. The minimum atomic E-state index is 0. The van der Waals surface area contributed by atoms with Gasteiger partial charge >= 0.3 is 6.01 Å². The van der Waals surface area contributed by atoms with Crippen molar-refractivity contribution < 1.29 is 33.7 Å². The van der Waals surface area contributed by atoms with Gasteiger partial charge in [0.25, 0.3) is 6.20 Å². The fraction of sp³-hybridized carbons (Fsp3) is 0.138. The van der Waals surface area contributed by atoms with Gasteiger partial charge in [0, 0.05) is 49.9 Å². The summed E-state index contributed by atoms with van der Waals surface area (Å²) in [5.74, 6) is 0. The molecule has 0 saturated carbocycles. The van der Waals surface area contributed by atoms with Crippen LogP contribution in [0.3, 0.4) is 0 Å². The van der Waals surface area contributed by atoms with E-state index in [4.69, 9.17) is 4.42 Å².